The standard InChI is InChI=1S/C67H112N2.2C4H9.Pd/c1-5-9-13-15-17-19-21-23-25-26-27-28-29-30-31-32-33-35-36-38-40-42-44-46-53-61-54-48-49-57-63(61)67-65(58-47-45-43-41-39-37-34-24-22-20-18-16-14-10-6-2)64(56-12-8-4)66(69(67)68)62-55-50-52-60(59-62)51-11-7-3;2*1-3-4-2;/h42,44,48-50,52,54-55,57,59H,5-41,43,45-47,51,53,56,58H2,1-4H3;2*1,3-4H2,2H3;/q;2*-1;+2. The monoisotopic (exact) mass is 1160 g/mol. The summed E-state index contributed by atoms with van der Waals surface area (Å²) in [7, 11) is 0. The smallest absolute Gasteiger partial charge is 0.493 e. The fourth-order valence-electron chi connectivity index (χ4n) is 11.0. The molecule has 0 radical (unpaired) electrons. The largest absolute Gasteiger partial charge is 2.00 e. The van der Waals surface area contributed by atoms with E-state index >= 15 is 0 Å². The Morgan fingerprint density at radius 2 is 0.718 bits per heavy atom. The van der Waals surface area contributed by atoms with Crippen molar-refractivity contribution in [2.45, 2.75) is 356 Å². The van der Waals surface area contributed by atoms with E-state index in [-0.39, 0.29) is 20.4 Å². The first-order valence-electron chi connectivity index (χ1n) is 34.4. The van der Waals surface area contributed by atoms with Crippen molar-refractivity contribution in [2.24, 2.45) is 0 Å². The van der Waals surface area contributed by atoms with Crippen LogP contribution in [0.2, 0.25) is 0 Å². The Morgan fingerprint density at radius 3 is 1.15 bits per heavy atom. The third-order valence-corrected chi connectivity index (χ3v) is 16.1. The molecule has 0 aliphatic carbocycles. The molecule has 0 aromatic heterocycles. The normalized spacial score (nSPS) is 12.3. The molecule has 450 valence electrons. The van der Waals surface area contributed by atoms with Gasteiger partial charge in [-0.3, -0.25) is 0 Å². The number of allylic oxidation sites excluding steroid dienone is 4. The predicted molar refractivity (Wildman–Crippen MR) is 349 cm³/mol. The zero-order valence-electron chi connectivity index (χ0n) is 53.0. The Kier molecular flexibility index (Phi) is 56.6. The van der Waals surface area contributed by atoms with Crippen molar-refractivity contribution in [1.29, 1.82) is 0 Å². The van der Waals surface area contributed by atoms with Crippen LogP contribution in [0.5, 0.6) is 0 Å². The fourth-order valence-corrected chi connectivity index (χ4v) is 11.0. The van der Waals surface area contributed by atoms with E-state index in [1.165, 1.54) is 290 Å². The molecule has 2 nitrogen and oxygen atoms in total. The minimum absolute atomic E-state index is 0. The van der Waals surface area contributed by atoms with Crippen molar-refractivity contribution in [2.75, 3.05) is 0 Å². The minimum atomic E-state index is 0. The van der Waals surface area contributed by atoms with Gasteiger partial charge in [-0.05, 0) is 93.5 Å². The molecule has 0 N–H and O–H groups in total. The molecule has 0 saturated heterocycles. The van der Waals surface area contributed by atoms with Crippen LogP contribution >= 0.6 is 0 Å². The molecule has 1 aliphatic rings. The summed E-state index contributed by atoms with van der Waals surface area (Å²) in [6, 6.07) is 18.1. The summed E-state index contributed by atoms with van der Waals surface area (Å²) in [6.07, 6.45) is 69.9. The van der Waals surface area contributed by atoms with Gasteiger partial charge < -0.3 is 19.4 Å². The van der Waals surface area contributed by atoms with Crippen LogP contribution in [0, 0.1) is 13.8 Å². The van der Waals surface area contributed by atoms with E-state index in [4.69, 9.17) is 0 Å². The van der Waals surface area contributed by atoms with Crippen LogP contribution in [-0.4, -0.2) is 4.70 Å². The van der Waals surface area contributed by atoms with Gasteiger partial charge in [0, 0.05) is 22.3 Å². The summed E-state index contributed by atoms with van der Waals surface area (Å²) in [4.78, 5) is 0. The number of aryl methyl sites for hydroxylation is 2. The number of nitrogens with zero attached hydrogens (tertiary/aromatic N) is 2. The van der Waals surface area contributed by atoms with E-state index in [1.54, 1.807) is 4.70 Å². The molecule has 0 saturated carbocycles. The van der Waals surface area contributed by atoms with Gasteiger partial charge in [0.1, 0.15) is 0 Å². The molecule has 0 bridgehead atoms. The SMILES string of the molecule is CCCCCCCCCCCCCCCCCCCCCCC=CCCc1ccccc1C1=C(CCCCCCCCCCCCCCCCC)C(CCCC)=C(c2cccc(CCCC)c2)[N+]1=[N-].[CH2-]CCC.[CH2-]CCC.[Pd+2]. The van der Waals surface area contributed by atoms with Crippen LogP contribution in [0.4, 0.5) is 0 Å². The first-order valence-corrected chi connectivity index (χ1v) is 34.4. The number of unbranched alkanes of at least 4 members (excludes halogenated alkanes) is 38. The summed E-state index contributed by atoms with van der Waals surface area (Å²) < 4.78 is 1.64. The predicted octanol–water partition coefficient (Wildman–Crippen LogP) is 26.6. The Hall–Kier alpha value is -2.08. The number of rotatable bonds is 50. The first kappa shape index (κ1) is 75.9. The number of hydrogen-bond acceptors (Lipinski definition) is 0. The second-order valence-electron chi connectivity index (χ2n) is 23.5. The Balaban J connectivity index is 0.00000614. The molecule has 3 rings (SSSR count). The summed E-state index contributed by atoms with van der Waals surface area (Å²) in [5.74, 6) is 0. The van der Waals surface area contributed by atoms with Crippen molar-refractivity contribution in [3.63, 3.8) is 0 Å². The molecule has 1 aliphatic heterocycles. The fraction of sp³-hybridized carbons (Fsp3) is 0.733. The van der Waals surface area contributed by atoms with Crippen molar-refractivity contribution in [1.82, 2.24) is 0 Å². The van der Waals surface area contributed by atoms with Gasteiger partial charge in [-0.25, -0.2) is 4.70 Å². The molecule has 78 heavy (non-hydrogen) atoms. The van der Waals surface area contributed by atoms with Crippen LogP contribution in [0.15, 0.2) is 71.8 Å². The third kappa shape index (κ3) is 39.4. The molecule has 3 heteroatoms. The van der Waals surface area contributed by atoms with E-state index in [0.717, 1.165) is 69.2 Å². The molecule has 0 spiro atoms. The molecule has 0 atom stereocenters. The second kappa shape index (κ2) is 58.1. The molecule has 0 amide bonds. The van der Waals surface area contributed by atoms with E-state index in [9.17, 15) is 5.53 Å². The zero-order valence-corrected chi connectivity index (χ0v) is 54.6. The maximum atomic E-state index is 12.5. The van der Waals surface area contributed by atoms with Gasteiger partial charge in [0.2, 0.25) is 11.4 Å². The molecular formula is C75H130N2Pd. The number of benzene rings is 2. The maximum Gasteiger partial charge on any atom is 2.00 e. The Morgan fingerprint density at radius 1 is 0.359 bits per heavy atom. The van der Waals surface area contributed by atoms with Crippen LogP contribution in [0.3, 0.4) is 0 Å². The Bertz CT molecular complexity index is 1710. The summed E-state index contributed by atoms with van der Waals surface area (Å²) in [5.41, 5.74) is 22.5. The topological polar surface area (TPSA) is 25.3 Å². The van der Waals surface area contributed by atoms with Crippen molar-refractivity contribution in [3.8, 4) is 0 Å². The van der Waals surface area contributed by atoms with Gasteiger partial charge in [-0.15, -0.1) is 0 Å². The van der Waals surface area contributed by atoms with Crippen LogP contribution in [-0.2, 0) is 33.3 Å². The first-order chi connectivity index (χ1) is 38.0. The molecular weight excluding hydrogens is 1040 g/mol. The van der Waals surface area contributed by atoms with Crippen molar-refractivity contribution in [3.05, 3.63) is 113 Å². The molecule has 2 aromatic rings. The van der Waals surface area contributed by atoms with Gasteiger partial charge in [0.05, 0.1) is 0 Å². The van der Waals surface area contributed by atoms with Crippen LogP contribution < -0.4 is 0 Å². The summed E-state index contributed by atoms with van der Waals surface area (Å²) in [6.45, 7) is 20.6. The van der Waals surface area contributed by atoms with E-state index in [1.807, 2.05) is 0 Å². The third-order valence-electron chi connectivity index (χ3n) is 16.1. The second-order valence-corrected chi connectivity index (χ2v) is 23.5. The zero-order chi connectivity index (χ0) is 55.9. The molecule has 0 unspecified atom stereocenters. The molecule has 1 heterocycles. The summed E-state index contributed by atoms with van der Waals surface area (Å²) >= 11 is 0. The quantitative estimate of drug-likeness (QED) is 0.0207. The minimum Gasteiger partial charge on any atom is -0.493 e. The molecule has 0 fully saturated rings. The van der Waals surface area contributed by atoms with Gasteiger partial charge in [0.15, 0.2) is 0 Å². The van der Waals surface area contributed by atoms with Gasteiger partial charge in [-0.2, -0.15) is 12.8 Å². The van der Waals surface area contributed by atoms with E-state index in [0.29, 0.717) is 0 Å². The van der Waals surface area contributed by atoms with Crippen LogP contribution in [0.25, 0.3) is 16.9 Å². The van der Waals surface area contributed by atoms with Crippen LogP contribution in [0.1, 0.15) is 366 Å². The average molecular weight is 1170 g/mol. The van der Waals surface area contributed by atoms with Crippen molar-refractivity contribution >= 4 is 11.4 Å². The molecule has 2 aromatic carbocycles. The van der Waals surface area contributed by atoms with Crippen molar-refractivity contribution < 1.29 is 25.1 Å². The van der Waals surface area contributed by atoms with Gasteiger partial charge in [-0.1, -0.05) is 322 Å². The van der Waals surface area contributed by atoms with E-state index < -0.39 is 0 Å². The average Bonchev–Trinajstić information content (AvgIpc) is 3.84. The Labute approximate surface area is 503 Å². The maximum absolute atomic E-state index is 12.5. The number of hydrogen-bond donors (Lipinski definition) is 0. The summed E-state index contributed by atoms with van der Waals surface area (Å²) in [5, 5.41) is 0. The van der Waals surface area contributed by atoms with Gasteiger partial charge in [0.25, 0.3) is 0 Å². The van der Waals surface area contributed by atoms with Gasteiger partial charge >= 0.3 is 20.4 Å². The van der Waals surface area contributed by atoms with E-state index in [2.05, 4.69) is 116 Å².